The Hall–Kier alpha value is -1.79. The van der Waals surface area contributed by atoms with Crippen LogP contribution in [0.15, 0.2) is 0 Å². The second kappa shape index (κ2) is 9.49. The van der Waals surface area contributed by atoms with E-state index >= 15 is 0 Å². The molecule has 0 radical (unpaired) electrons. The van der Waals surface area contributed by atoms with Crippen LogP contribution in [0, 0.1) is 5.92 Å². The number of carbonyl (C=O) groups excluding carboxylic acids is 2. The summed E-state index contributed by atoms with van der Waals surface area (Å²) in [4.78, 5) is 37.6. The van der Waals surface area contributed by atoms with Crippen LogP contribution in [0.2, 0.25) is 0 Å². The molecule has 0 aromatic heterocycles. The van der Waals surface area contributed by atoms with Gasteiger partial charge in [-0.1, -0.05) is 39.5 Å². The molecule has 0 aliphatic heterocycles. The Kier molecular flexibility index (Phi) is 8.01. The molecule has 3 N–H and O–H groups in total. The molecule has 0 bridgehead atoms. The largest absolute Gasteiger partial charge is 0.481 e. The SMILES string of the molecule is CCCCNC(=O)NC1(C(=O)N(C)CC(C)C(=O)O)CCCCC1. The van der Waals surface area contributed by atoms with Crippen molar-refractivity contribution in [3.8, 4) is 0 Å². The van der Waals surface area contributed by atoms with Crippen molar-refractivity contribution in [3.63, 3.8) is 0 Å². The number of carboxylic acid groups (broad SMARTS) is 1. The molecule has 1 aliphatic rings. The fourth-order valence-electron chi connectivity index (χ4n) is 3.13. The Morgan fingerprint density at radius 1 is 1.21 bits per heavy atom. The van der Waals surface area contributed by atoms with Gasteiger partial charge in [0.25, 0.3) is 0 Å². The first-order valence-corrected chi connectivity index (χ1v) is 8.87. The molecule has 1 fully saturated rings. The summed E-state index contributed by atoms with van der Waals surface area (Å²) in [6.07, 6.45) is 5.87. The number of urea groups is 1. The number of aliphatic carboxylic acids is 1. The van der Waals surface area contributed by atoms with Crippen LogP contribution in [0.1, 0.15) is 58.8 Å². The summed E-state index contributed by atoms with van der Waals surface area (Å²) in [6.45, 7) is 4.34. The van der Waals surface area contributed by atoms with Gasteiger partial charge in [0.15, 0.2) is 0 Å². The number of nitrogens with zero attached hydrogens (tertiary/aromatic N) is 1. The lowest BCUT2D eigenvalue weighted by Crippen LogP contribution is -2.62. The maximum Gasteiger partial charge on any atom is 0.315 e. The van der Waals surface area contributed by atoms with Gasteiger partial charge in [0.2, 0.25) is 5.91 Å². The molecule has 7 nitrogen and oxygen atoms in total. The van der Waals surface area contributed by atoms with Crippen LogP contribution < -0.4 is 10.6 Å². The minimum Gasteiger partial charge on any atom is -0.481 e. The zero-order valence-corrected chi connectivity index (χ0v) is 15.1. The van der Waals surface area contributed by atoms with Crippen LogP contribution >= 0.6 is 0 Å². The second-order valence-electron chi connectivity index (χ2n) is 6.80. The van der Waals surface area contributed by atoms with Crippen LogP contribution in [0.25, 0.3) is 0 Å². The molecule has 24 heavy (non-hydrogen) atoms. The maximum atomic E-state index is 12.9. The lowest BCUT2D eigenvalue weighted by molar-refractivity contribution is -0.144. The molecule has 0 aromatic carbocycles. The van der Waals surface area contributed by atoms with Crippen LogP contribution in [0.4, 0.5) is 4.79 Å². The summed E-state index contributed by atoms with van der Waals surface area (Å²) in [7, 11) is 1.61. The quantitative estimate of drug-likeness (QED) is 0.588. The van der Waals surface area contributed by atoms with Gasteiger partial charge in [-0.05, 0) is 19.3 Å². The molecule has 138 valence electrons. The maximum absolute atomic E-state index is 12.9. The lowest BCUT2D eigenvalue weighted by atomic mass is 9.80. The van der Waals surface area contributed by atoms with E-state index in [1.54, 1.807) is 14.0 Å². The van der Waals surface area contributed by atoms with Crippen molar-refractivity contribution in [3.05, 3.63) is 0 Å². The number of hydrogen-bond acceptors (Lipinski definition) is 3. The smallest absolute Gasteiger partial charge is 0.315 e. The topological polar surface area (TPSA) is 98.7 Å². The zero-order chi connectivity index (χ0) is 18.2. The van der Waals surface area contributed by atoms with E-state index in [1.807, 2.05) is 6.92 Å². The van der Waals surface area contributed by atoms with Crippen molar-refractivity contribution >= 4 is 17.9 Å². The fourth-order valence-corrected chi connectivity index (χ4v) is 3.13. The number of amides is 3. The first-order valence-electron chi connectivity index (χ1n) is 8.87. The third-order valence-electron chi connectivity index (χ3n) is 4.60. The standard InChI is InChI=1S/C17H31N3O4/c1-4-5-11-18-16(24)19-17(9-7-6-8-10-17)15(23)20(3)12-13(2)14(21)22/h13H,4-12H2,1-3H3,(H,21,22)(H2,18,19,24). The highest BCUT2D eigenvalue weighted by Crippen LogP contribution is 2.30. The van der Waals surface area contributed by atoms with E-state index in [1.165, 1.54) is 4.90 Å². The Bertz CT molecular complexity index is 447. The van der Waals surface area contributed by atoms with Gasteiger partial charge in [0.05, 0.1) is 5.92 Å². The summed E-state index contributed by atoms with van der Waals surface area (Å²) < 4.78 is 0. The minimum atomic E-state index is -0.933. The van der Waals surface area contributed by atoms with Gasteiger partial charge < -0.3 is 20.6 Å². The first-order chi connectivity index (χ1) is 11.3. The lowest BCUT2D eigenvalue weighted by Gasteiger charge is -2.39. The van der Waals surface area contributed by atoms with E-state index in [-0.39, 0.29) is 18.5 Å². The average molecular weight is 341 g/mol. The van der Waals surface area contributed by atoms with Crippen molar-refractivity contribution < 1.29 is 19.5 Å². The Labute approximate surface area is 144 Å². The van der Waals surface area contributed by atoms with Gasteiger partial charge in [-0.15, -0.1) is 0 Å². The van der Waals surface area contributed by atoms with Crippen LogP contribution in [-0.4, -0.2) is 53.6 Å². The van der Waals surface area contributed by atoms with Crippen molar-refractivity contribution in [1.29, 1.82) is 0 Å². The minimum absolute atomic E-state index is 0.134. The number of unbranched alkanes of at least 4 members (excludes halogenated alkanes) is 1. The van der Waals surface area contributed by atoms with Crippen LogP contribution in [-0.2, 0) is 9.59 Å². The van der Waals surface area contributed by atoms with Crippen LogP contribution in [0.5, 0.6) is 0 Å². The average Bonchev–Trinajstić information content (AvgIpc) is 2.54. The molecule has 7 heteroatoms. The summed E-state index contributed by atoms with van der Waals surface area (Å²) in [6, 6.07) is -0.321. The predicted molar refractivity (Wildman–Crippen MR) is 91.7 cm³/mol. The first kappa shape index (κ1) is 20.3. The van der Waals surface area contributed by atoms with Gasteiger partial charge >= 0.3 is 12.0 Å². The fraction of sp³-hybridized carbons (Fsp3) is 0.824. The van der Waals surface area contributed by atoms with Crippen molar-refractivity contribution in [1.82, 2.24) is 15.5 Å². The molecular formula is C17H31N3O4. The third-order valence-corrected chi connectivity index (χ3v) is 4.60. The molecule has 0 saturated heterocycles. The van der Waals surface area contributed by atoms with Crippen molar-refractivity contribution in [2.45, 2.75) is 64.3 Å². The van der Waals surface area contributed by atoms with Gasteiger partial charge in [-0.3, -0.25) is 9.59 Å². The monoisotopic (exact) mass is 341 g/mol. The number of carboxylic acids is 1. The molecule has 1 rings (SSSR count). The number of likely N-dealkylation sites (N-methyl/N-ethyl adjacent to an activating group) is 1. The number of hydrogen-bond donors (Lipinski definition) is 3. The van der Waals surface area contributed by atoms with E-state index in [4.69, 9.17) is 5.11 Å². The molecule has 0 heterocycles. The van der Waals surface area contributed by atoms with Gasteiger partial charge in [-0.2, -0.15) is 0 Å². The molecule has 1 atom stereocenters. The summed E-state index contributed by atoms with van der Waals surface area (Å²) in [5.74, 6) is -1.77. The van der Waals surface area contributed by atoms with E-state index < -0.39 is 17.4 Å². The highest BCUT2D eigenvalue weighted by atomic mass is 16.4. The van der Waals surface area contributed by atoms with Crippen molar-refractivity contribution in [2.24, 2.45) is 5.92 Å². The zero-order valence-electron chi connectivity index (χ0n) is 15.1. The Morgan fingerprint density at radius 3 is 2.38 bits per heavy atom. The van der Waals surface area contributed by atoms with E-state index in [0.29, 0.717) is 19.4 Å². The predicted octanol–water partition coefficient (Wildman–Crippen LogP) is 1.97. The van der Waals surface area contributed by atoms with E-state index in [2.05, 4.69) is 10.6 Å². The summed E-state index contributed by atoms with van der Waals surface area (Å²) in [5.41, 5.74) is -0.915. The summed E-state index contributed by atoms with van der Waals surface area (Å²) in [5, 5.41) is 14.7. The Balaban J connectivity index is 2.76. The van der Waals surface area contributed by atoms with Crippen molar-refractivity contribution in [2.75, 3.05) is 20.1 Å². The number of nitrogens with one attached hydrogen (secondary N) is 2. The van der Waals surface area contributed by atoms with E-state index in [0.717, 1.165) is 32.1 Å². The molecular weight excluding hydrogens is 310 g/mol. The van der Waals surface area contributed by atoms with Gasteiger partial charge in [0.1, 0.15) is 5.54 Å². The number of carbonyl (C=O) groups is 3. The van der Waals surface area contributed by atoms with Gasteiger partial charge in [0, 0.05) is 20.1 Å². The highest BCUT2D eigenvalue weighted by molar-refractivity contribution is 5.91. The Morgan fingerprint density at radius 2 is 1.83 bits per heavy atom. The molecule has 3 amide bonds. The van der Waals surface area contributed by atoms with E-state index in [9.17, 15) is 14.4 Å². The third kappa shape index (κ3) is 5.69. The molecule has 0 aromatic rings. The molecule has 0 spiro atoms. The molecule has 1 unspecified atom stereocenters. The number of rotatable bonds is 8. The molecule has 1 saturated carbocycles. The summed E-state index contributed by atoms with van der Waals surface area (Å²) >= 11 is 0. The second-order valence-corrected chi connectivity index (χ2v) is 6.80. The van der Waals surface area contributed by atoms with Crippen LogP contribution in [0.3, 0.4) is 0 Å². The molecule has 1 aliphatic carbocycles. The van der Waals surface area contributed by atoms with Gasteiger partial charge in [-0.25, -0.2) is 4.79 Å². The highest BCUT2D eigenvalue weighted by Gasteiger charge is 2.42. The normalized spacial score (nSPS) is 17.6.